The number of hydrogen-bond acceptors (Lipinski definition) is 2. The molecule has 0 amide bonds. The molecule has 3 aromatic rings. The highest BCUT2D eigenvalue weighted by atomic mass is 16.5. The van der Waals surface area contributed by atoms with Crippen molar-refractivity contribution in [2.45, 2.75) is 51.2 Å². The normalized spacial score (nSPS) is 13.6. The summed E-state index contributed by atoms with van der Waals surface area (Å²) in [6, 6.07) is 31.0. The fourth-order valence-electron chi connectivity index (χ4n) is 4.58. The van der Waals surface area contributed by atoms with E-state index in [9.17, 15) is 5.11 Å². The summed E-state index contributed by atoms with van der Waals surface area (Å²) in [5.74, 6) is 0.811. The van der Waals surface area contributed by atoms with Crippen molar-refractivity contribution in [1.29, 1.82) is 0 Å². The van der Waals surface area contributed by atoms with Crippen LogP contribution >= 0.6 is 0 Å². The largest absolute Gasteiger partial charge is 0.390 e. The minimum absolute atomic E-state index is 0.140. The molecule has 0 saturated carbocycles. The van der Waals surface area contributed by atoms with Gasteiger partial charge >= 0.3 is 0 Å². The summed E-state index contributed by atoms with van der Waals surface area (Å²) in [4.78, 5) is 0. The Morgan fingerprint density at radius 2 is 1.24 bits per heavy atom. The van der Waals surface area contributed by atoms with Crippen molar-refractivity contribution in [1.82, 2.24) is 0 Å². The van der Waals surface area contributed by atoms with Gasteiger partial charge in [-0.2, -0.15) is 0 Å². The second-order valence-electron chi connectivity index (χ2n) is 9.27. The number of aliphatic hydroxyl groups excluding tert-OH is 1. The van der Waals surface area contributed by atoms with Crippen LogP contribution in [0.3, 0.4) is 0 Å². The molecule has 33 heavy (non-hydrogen) atoms. The number of ether oxygens (including phenoxy) is 1. The Bertz CT molecular complexity index is 838. The summed E-state index contributed by atoms with van der Waals surface area (Å²) in [6.07, 6.45) is 5.40. The van der Waals surface area contributed by atoms with Gasteiger partial charge in [-0.05, 0) is 41.4 Å². The summed E-state index contributed by atoms with van der Waals surface area (Å²) in [5.41, 5.74) is 2.35. The van der Waals surface area contributed by atoms with Gasteiger partial charge in [-0.1, -0.05) is 124 Å². The molecule has 2 nitrogen and oxygen atoms in total. The third-order valence-electron chi connectivity index (χ3n) is 6.38. The van der Waals surface area contributed by atoms with Crippen molar-refractivity contribution < 1.29 is 9.84 Å². The van der Waals surface area contributed by atoms with Crippen LogP contribution in [0.2, 0.25) is 0 Å². The van der Waals surface area contributed by atoms with Crippen LogP contribution in [0, 0.1) is 11.8 Å². The average Bonchev–Trinajstić information content (AvgIpc) is 2.85. The predicted octanol–water partition coefficient (Wildman–Crippen LogP) is 7.37. The maximum Gasteiger partial charge on any atom is 0.143 e. The van der Waals surface area contributed by atoms with E-state index in [1.807, 2.05) is 60.7 Å². The fourth-order valence-corrected chi connectivity index (χ4v) is 4.58. The Morgan fingerprint density at radius 3 is 1.64 bits per heavy atom. The van der Waals surface area contributed by atoms with Crippen molar-refractivity contribution >= 4 is 0 Å². The third kappa shape index (κ3) is 6.43. The van der Waals surface area contributed by atoms with Crippen LogP contribution < -0.4 is 0 Å². The Labute approximate surface area is 200 Å². The number of rotatable bonds is 13. The molecule has 0 fully saturated rings. The quantitative estimate of drug-likeness (QED) is 0.221. The van der Waals surface area contributed by atoms with Crippen molar-refractivity contribution in [2.75, 3.05) is 6.61 Å². The molecule has 3 rings (SSSR count). The van der Waals surface area contributed by atoms with E-state index in [1.165, 1.54) is 6.42 Å². The lowest BCUT2D eigenvalue weighted by atomic mass is 9.80. The standard InChI is InChI=1S/C31H38O2/c1-4-15-26(17-14-16-25(2)3)30(32)24-33-31(27-18-8-5-9-19-27,28-20-10-6-11-21-28)29-22-12-7-13-23-29/h4-13,18-23,25-26,30,32H,1,14-17,24H2,2-3H3/t26-,30+/m0/s1. The van der Waals surface area contributed by atoms with E-state index in [1.54, 1.807) is 0 Å². The predicted molar refractivity (Wildman–Crippen MR) is 138 cm³/mol. The van der Waals surface area contributed by atoms with E-state index < -0.39 is 11.7 Å². The molecule has 0 heterocycles. The Balaban J connectivity index is 1.95. The number of benzene rings is 3. The monoisotopic (exact) mass is 442 g/mol. The molecular weight excluding hydrogens is 404 g/mol. The van der Waals surface area contributed by atoms with Crippen LogP contribution in [0.4, 0.5) is 0 Å². The molecule has 3 aromatic carbocycles. The van der Waals surface area contributed by atoms with Gasteiger partial charge in [0.05, 0.1) is 12.7 Å². The van der Waals surface area contributed by atoms with Gasteiger partial charge in [0.15, 0.2) is 0 Å². The Morgan fingerprint density at radius 1 is 0.788 bits per heavy atom. The molecule has 0 saturated heterocycles. The first-order valence-electron chi connectivity index (χ1n) is 12.2. The molecule has 0 aliphatic rings. The van der Waals surface area contributed by atoms with E-state index >= 15 is 0 Å². The van der Waals surface area contributed by atoms with E-state index in [2.05, 4.69) is 56.8 Å². The molecule has 0 spiro atoms. The molecular formula is C31H38O2. The number of hydrogen-bond donors (Lipinski definition) is 1. The molecule has 0 aliphatic heterocycles. The Hall–Kier alpha value is -2.68. The zero-order chi connectivity index (χ0) is 23.5. The van der Waals surface area contributed by atoms with Gasteiger partial charge in [0.2, 0.25) is 0 Å². The lowest BCUT2D eigenvalue weighted by Crippen LogP contribution is -2.37. The van der Waals surface area contributed by atoms with Crippen LogP contribution in [0.15, 0.2) is 104 Å². The van der Waals surface area contributed by atoms with Crippen LogP contribution in [0.25, 0.3) is 0 Å². The summed E-state index contributed by atoms with van der Waals surface area (Å²) in [6.45, 7) is 8.67. The molecule has 1 N–H and O–H groups in total. The van der Waals surface area contributed by atoms with Gasteiger partial charge in [0, 0.05) is 0 Å². The molecule has 0 radical (unpaired) electrons. The topological polar surface area (TPSA) is 29.5 Å². The third-order valence-corrected chi connectivity index (χ3v) is 6.38. The first-order chi connectivity index (χ1) is 16.1. The van der Waals surface area contributed by atoms with Gasteiger partial charge in [0.25, 0.3) is 0 Å². The van der Waals surface area contributed by atoms with Crippen molar-refractivity contribution in [3.63, 3.8) is 0 Å². The van der Waals surface area contributed by atoms with Crippen LogP contribution in [0.5, 0.6) is 0 Å². The summed E-state index contributed by atoms with van der Waals surface area (Å²) in [7, 11) is 0. The van der Waals surface area contributed by atoms with Gasteiger partial charge in [-0.25, -0.2) is 0 Å². The van der Waals surface area contributed by atoms with E-state index in [4.69, 9.17) is 4.74 Å². The van der Waals surface area contributed by atoms with Gasteiger partial charge in [-0.3, -0.25) is 0 Å². The summed E-state index contributed by atoms with van der Waals surface area (Å²) >= 11 is 0. The molecule has 174 valence electrons. The SMILES string of the molecule is C=CC[C@@H](CCCC(C)C)[C@H](O)COC(c1ccccc1)(c1ccccc1)c1ccccc1. The van der Waals surface area contributed by atoms with Gasteiger partial charge in [-0.15, -0.1) is 6.58 Å². The zero-order valence-electron chi connectivity index (χ0n) is 20.1. The fraction of sp³-hybridized carbons (Fsp3) is 0.355. The maximum absolute atomic E-state index is 11.2. The van der Waals surface area contributed by atoms with Crippen LogP contribution in [-0.4, -0.2) is 17.8 Å². The van der Waals surface area contributed by atoms with E-state index in [-0.39, 0.29) is 12.5 Å². The zero-order valence-corrected chi connectivity index (χ0v) is 20.1. The molecule has 2 atom stereocenters. The summed E-state index contributed by atoms with van der Waals surface area (Å²) in [5, 5.41) is 11.2. The highest BCUT2D eigenvalue weighted by Crippen LogP contribution is 2.40. The molecule has 0 aliphatic carbocycles. The minimum atomic E-state index is -0.804. The van der Waals surface area contributed by atoms with E-state index in [0.29, 0.717) is 5.92 Å². The highest BCUT2D eigenvalue weighted by Gasteiger charge is 2.38. The van der Waals surface area contributed by atoms with Crippen molar-refractivity contribution in [3.8, 4) is 0 Å². The average molecular weight is 443 g/mol. The molecule has 0 bridgehead atoms. The van der Waals surface area contributed by atoms with Crippen molar-refractivity contribution in [3.05, 3.63) is 120 Å². The maximum atomic E-state index is 11.2. The molecule has 0 aromatic heterocycles. The second-order valence-corrected chi connectivity index (χ2v) is 9.27. The summed E-state index contributed by atoms with van der Waals surface area (Å²) < 4.78 is 6.82. The van der Waals surface area contributed by atoms with Crippen molar-refractivity contribution in [2.24, 2.45) is 11.8 Å². The first kappa shape index (κ1) is 25.0. The Kier molecular flexibility index (Phi) is 9.47. The number of aliphatic hydroxyl groups is 1. The smallest absolute Gasteiger partial charge is 0.143 e. The second kappa shape index (κ2) is 12.5. The number of allylic oxidation sites excluding steroid dienone is 1. The lowest BCUT2D eigenvalue weighted by molar-refractivity contribution is -0.0567. The van der Waals surface area contributed by atoms with Crippen LogP contribution in [0.1, 0.15) is 56.2 Å². The minimum Gasteiger partial charge on any atom is -0.390 e. The van der Waals surface area contributed by atoms with E-state index in [0.717, 1.165) is 36.0 Å². The van der Waals surface area contributed by atoms with Crippen LogP contribution in [-0.2, 0) is 10.3 Å². The first-order valence-corrected chi connectivity index (χ1v) is 12.2. The molecule has 0 unspecified atom stereocenters. The van der Waals surface area contributed by atoms with Gasteiger partial charge < -0.3 is 9.84 Å². The van der Waals surface area contributed by atoms with Gasteiger partial charge in [0.1, 0.15) is 5.60 Å². The molecule has 2 heteroatoms. The lowest BCUT2D eigenvalue weighted by Gasteiger charge is -2.37. The highest BCUT2D eigenvalue weighted by molar-refractivity contribution is 5.47.